The van der Waals surface area contributed by atoms with Crippen LogP contribution in [-0.2, 0) is 17.9 Å². The predicted molar refractivity (Wildman–Crippen MR) is 106 cm³/mol. The number of carbonyl (C=O) groups excluding carboxylic acids is 1. The van der Waals surface area contributed by atoms with Crippen LogP contribution in [0.3, 0.4) is 0 Å². The second kappa shape index (κ2) is 8.86. The number of rotatable bonds is 7. The third-order valence-corrected chi connectivity index (χ3v) is 5.16. The molecule has 2 aromatic carbocycles. The van der Waals surface area contributed by atoms with Crippen LogP contribution >= 0.6 is 11.8 Å². The smallest absolute Gasteiger partial charge is 0.230 e. The van der Waals surface area contributed by atoms with E-state index in [9.17, 15) is 9.18 Å². The van der Waals surface area contributed by atoms with Crippen molar-refractivity contribution in [2.75, 3.05) is 5.75 Å². The number of benzene rings is 2. The van der Waals surface area contributed by atoms with E-state index in [1.807, 2.05) is 30.7 Å². The maximum atomic E-state index is 13.6. The quantitative estimate of drug-likeness (QED) is 0.625. The number of hydrogen-bond acceptors (Lipinski definition) is 3. The molecular weight excluding hydrogens is 361 g/mol. The van der Waals surface area contributed by atoms with Crippen LogP contribution in [0.4, 0.5) is 4.39 Å². The fourth-order valence-corrected chi connectivity index (χ4v) is 3.57. The summed E-state index contributed by atoms with van der Waals surface area (Å²) in [5.41, 5.74) is 4.28. The first kappa shape index (κ1) is 19.2. The van der Waals surface area contributed by atoms with E-state index in [1.165, 1.54) is 17.8 Å². The SMILES string of the molecule is Cc1cc(C)n(Cc2cccc(CNC(=O)CSc3ccccc3F)c2)n1. The number of nitrogens with zero attached hydrogens (tertiary/aromatic N) is 2. The summed E-state index contributed by atoms with van der Waals surface area (Å²) in [7, 11) is 0. The average molecular weight is 383 g/mol. The van der Waals surface area contributed by atoms with Crippen molar-refractivity contribution >= 4 is 17.7 Å². The highest BCUT2D eigenvalue weighted by molar-refractivity contribution is 8.00. The third-order valence-electron chi connectivity index (χ3n) is 4.11. The molecule has 0 aliphatic rings. The van der Waals surface area contributed by atoms with E-state index in [0.29, 0.717) is 18.0 Å². The molecule has 0 saturated heterocycles. The van der Waals surface area contributed by atoms with Crippen LogP contribution in [-0.4, -0.2) is 21.4 Å². The Kier molecular flexibility index (Phi) is 6.29. The van der Waals surface area contributed by atoms with Crippen molar-refractivity contribution in [3.05, 3.63) is 82.9 Å². The molecule has 0 aliphatic carbocycles. The normalized spacial score (nSPS) is 10.8. The van der Waals surface area contributed by atoms with Crippen LogP contribution in [0.2, 0.25) is 0 Å². The second-order valence-corrected chi connectivity index (χ2v) is 7.42. The van der Waals surface area contributed by atoms with Crippen molar-refractivity contribution in [1.29, 1.82) is 0 Å². The highest BCUT2D eigenvalue weighted by atomic mass is 32.2. The number of aryl methyl sites for hydroxylation is 2. The van der Waals surface area contributed by atoms with Gasteiger partial charge >= 0.3 is 0 Å². The minimum atomic E-state index is -0.299. The molecule has 0 atom stereocenters. The van der Waals surface area contributed by atoms with Gasteiger partial charge < -0.3 is 5.32 Å². The first-order valence-electron chi connectivity index (χ1n) is 8.74. The van der Waals surface area contributed by atoms with Crippen molar-refractivity contribution in [2.24, 2.45) is 0 Å². The van der Waals surface area contributed by atoms with Crippen molar-refractivity contribution in [1.82, 2.24) is 15.1 Å². The number of thioether (sulfide) groups is 1. The van der Waals surface area contributed by atoms with Gasteiger partial charge in [-0.25, -0.2) is 4.39 Å². The summed E-state index contributed by atoms with van der Waals surface area (Å²) in [4.78, 5) is 12.5. The van der Waals surface area contributed by atoms with E-state index in [1.54, 1.807) is 18.2 Å². The summed E-state index contributed by atoms with van der Waals surface area (Å²) in [5.74, 6) is -0.230. The van der Waals surface area contributed by atoms with Crippen molar-refractivity contribution in [3.8, 4) is 0 Å². The van der Waals surface area contributed by atoms with Gasteiger partial charge in [0, 0.05) is 17.1 Å². The molecule has 1 heterocycles. The number of carbonyl (C=O) groups is 1. The van der Waals surface area contributed by atoms with Crippen LogP contribution < -0.4 is 5.32 Å². The van der Waals surface area contributed by atoms with Gasteiger partial charge in [0.25, 0.3) is 0 Å². The van der Waals surface area contributed by atoms with Crippen LogP contribution in [0.5, 0.6) is 0 Å². The second-order valence-electron chi connectivity index (χ2n) is 6.40. The van der Waals surface area contributed by atoms with E-state index in [4.69, 9.17) is 0 Å². The fraction of sp³-hybridized carbons (Fsp3) is 0.238. The summed E-state index contributed by atoms with van der Waals surface area (Å²) >= 11 is 1.20. The van der Waals surface area contributed by atoms with Gasteiger partial charge in [0.15, 0.2) is 0 Å². The first-order valence-corrected chi connectivity index (χ1v) is 9.73. The fourth-order valence-electron chi connectivity index (χ4n) is 2.80. The Morgan fingerprint density at radius 3 is 2.63 bits per heavy atom. The number of halogens is 1. The number of aromatic nitrogens is 2. The Morgan fingerprint density at radius 2 is 1.89 bits per heavy atom. The molecule has 4 nitrogen and oxygen atoms in total. The Hall–Kier alpha value is -2.60. The summed E-state index contributed by atoms with van der Waals surface area (Å²) in [6, 6.07) is 16.6. The molecule has 0 spiro atoms. The van der Waals surface area contributed by atoms with Crippen LogP contribution in [0.25, 0.3) is 0 Å². The summed E-state index contributed by atoms with van der Waals surface area (Å²) < 4.78 is 15.6. The van der Waals surface area contributed by atoms with Gasteiger partial charge in [-0.3, -0.25) is 9.48 Å². The molecule has 0 unspecified atom stereocenters. The van der Waals surface area contributed by atoms with E-state index in [2.05, 4.69) is 28.6 Å². The minimum absolute atomic E-state index is 0.118. The molecule has 0 bridgehead atoms. The Balaban J connectivity index is 1.53. The molecule has 6 heteroatoms. The van der Waals surface area contributed by atoms with Crippen molar-refractivity contribution < 1.29 is 9.18 Å². The van der Waals surface area contributed by atoms with Crippen LogP contribution in [0.15, 0.2) is 59.5 Å². The lowest BCUT2D eigenvalue weighted by molar-refractivity contribution is -0.118. The summed E-state index contributed by atoms with van der Waals surface area (Å²) in [6.07, 6.45) is 0. The Morgan fingerprint density at radius 1 is 1.11 bits per heavy atom. The molecule has 0 fully saturated rings. The van der Waals surface area contributed by atoms with Crippen LogP contribution in [0.1, 0.15) is 22.5 Å². The van der Waals surface area contributed by atoms with Gasteiger partial charge in [-0.05, 0) is 43.2 Å². The van der Waals surface area contributed by atoms with Gasteiger partial charge in [-0.2, -0.15) is 5.10 Å². The highest BCUT2D eigenvalue weighted by Crippen LogP contribution is 2.20. The minimum Gasteiger partial charge on any atom is -0.351 e. The molecule has 1 N–H and O–H groups in total. The van der Waals surface area contributed by atoms with Crippen molar-refractivity contribution in [3.63, 3.8) is 0 Å². The molecule has 0 radical (unpaired) electrons. The molecule has 1 amide bonds. The topological polar surface area (TPSA) is 46.9 Å². The zero-order valence-electron chi connectivity index (χ0n) is 15.4. The number of nitrogens with one attached hydrogen (secondary N) is 1. The average Bonchev–Trinajstić information content (AvgIpc) is 2.96. The van der Waals surface area contributed by atoms with E-state index < -0.39 is 0 Å². The number of hydrogen-bond donors (Lipinski definition) is 1. The molecule has 0 saturated carbocycles. The third kappa shape index (κ3) is 5.44. The molecule has 3 rings (SSSR count). The van der Waals surface area contributed by atoms with Gasteiger partial charge in [-0.15, -0.1) is 11.8 Å². The standard InChI is InChI=1S/C21H22FN3OS/c1-15-10-16(2)25(24-15)13-18-7-5-6-17(11-18)12-23-21(26)14-27-20-9-4-3-8-19(20)22/h3-11H,12-14H2,1-2H3,(H,23,26). The van der Waals surface area contributed by atoms with Gasteiger partial charge in [0.05, 0.1) is 18.0 Å². The van der Waals surface area contributed by atoms with Crippen molar-refractivity contribution in [2.45, 2.75) is 31.8 Å². The maximum absolute atomic E-state index is 13.6. The van der Waals surface area contributed by atoms with Gasteiger partial charge in [0.2, 0.25) is 5.91 Å². The summed E-state index contributed by atoms with van der Waals surface area (Å²) in [5, 5.41) is 7.37. The lowest BCUT2D eigenvalue weighted by atomic mass is 10.1. The monoisotopic (exact) mass is 383 g/mol. The lowest BCUT2D eigenvalue weighted by Crippen LogP contribution is -2.24. The first-order chi connectivity index (χ1) is 13.0. The van der Waals surface area contributed by atoms with Gasteiger partial charge in [0.1, 0.15) is 5.82 Å². The highest BCUT2D eigenvalue weighted by Gasteiger charge is 2.07. The Bertz CT molecular complexity index is 939. The zero-order valence-corrected chi connectivity index (χ0v) is 16.2. The van der Waals surface area contributed by atoms with E-state index >= 15 is 0 Å². The zero-order chi connectivity index (χ0) is 19.2. The van der Waals surface area contributed by atoms with Gasteiger partial charge in [-0.1, -0.05) is 36.4 Å². The van der Waals surface area contributed by atoms with E-state index in [-0.39, 0.29) is 17.5 Å². The largest absolute Gasteiger partial charge is 0.351 e. The number of amides is 1. The molecule has 27 heavy (non-hydrogen) atoms. The maximum Gasteiger partial charge on any atom is 0.230 e. The molecule has 140 valence electrons. The summed E-state index contributed by atoms with van der Waals surface area (Å²) in [6.45, 7) is 5.16. The molecule has 3 aromatic rings. The molecule has 0 aliphatic heterocycles. The van der Waals surface area contributed by atoms with E-state index in [0.717, 1.165) is 22.5 Å². The molecule has 1 aromatic heterocycles. The Labute approximate surface area is 162 Å². The van der Waals surface area contributed by atoms with Crippen LogP contribution in [0, 0.1) is 19.7 Å². The predicted octanol–water partition coefficient (Wildman–Crippen LogP) is 4.10. The lowest BCUT2D eigenvalue weighted by Gasteiger charge is -2.09. The molecular formula is C21H22FN3OS.